The van der Waals surface area contributed by atoms with E-state index in [1.807, 2.05) is 6.07 Å². The molecule has 0 aliphatic carbocycles. The molecule has 25 heavy (non-hydrogen) atoms. The second kappa shape index (κ2) is 6.34. The van der Waals surface area contributed by atoms with Crippen LogP contribution in [0.15, 0.2) is 54.6 Å². The molecule has 0 amide bonds. The summed E-state index contributed by atoms with van der Waals surface area (Å²) in [5.41, 5.74) is 8.33. The van der Waals surface area contributed by atoms with E-state index in [0.717, 1.165) is 0 Å². The number of benzene rings is 2. The topological polar surface area (TPSA) is 120 Å². The monoisotopic (exact) mass is 331 g/mol. The molecule has 0 saturated carbocycles. The Balaban J connectivity index is 2.20. The fraction of sp³-hybridized carbons (Fsp3) is 0. The summed E-state index contributed by atoms with van der Waals surface area (Å²) in [4.78, 5) is 15.2. The zero-order valence-electron chi connectivity index (χ0n) is 13.0. The van der Waals surface area contributed by atoms with Crippen molar-refractivity contribution in [1.29, 1.82) is 5.26 Å². The molecule has 1 heterocycles. The molecule has 0 aliphatic rings. The summed E-state index contributed by atoms with van der Waals surface area (Å²) < 4.78 is 0. The number of aromatic carboxylic acids is 1. The third-order valence-corrected chi connectivity index (χ3v) is 3.78. The van der Waals surface area contributed by atoms with Crippen LogP contribution in [0.3, 0.4) is 0 Å². The second-order valence-electron chi connectivity index (χ2n) is 5.33. The van der Waals surface area contributed by atoms with Crippen LogP contribution in [-0.4, -0.2) is 21.2 Å². The summed E-state index contributed by atoms with van der Waals surface area (Å²) in [6, 6.07) is 16.5. The predicted octanol–water partition coefficient (Wildman–Crippen LogP) is 3.27. The summed E-state index contributed by atoms with van der Waals surface area (Å²) in [7, 11) is 0. The largest absolute Gasteiger partial charge is 0.507 e. The van der Waals surface area contributed by atoms with Gasteiger partial charge in [0.1, 0.15) is 23.2 Å². The Hall–Kier alpha value is -3.85. The number of nitriles is 1. The molecule has 1 aromatic heterocycles. The highest BCUT2D eigenvalue weighted by atomic mass is 16.4. The van der Waals surface area contributed by atoms with Gasteiger partial charge in [0, 0.05) is 11.1 Å². The lowest BCUT2D eigenvalue weighted by atomic mass is 9.97. The number of anilines is 1. The molecule has 0 unspecified atom stereocenters. The fourth-order valence-corrected chi connectivity index (χ4v) is 2.53. The van der Waals surface area contributed by atoms with Crippen molar-refractivity contribution < 1.29 is 15.0 Å². The molecule has 6 nitrogen and oxygen atoms in total. The number of nitrogens with two attached hydrogens (primary N) is 1. The molecule has 0 fully saturated rings. The zero-order chi connectivity index (χ0) is 18.0. The van der Waals surface area contributed by atoms with Crippen molar-refractivity contribution in [2.75, 3.05) is 5.73 Å². The van der Waals surface area contributed by atoms with Crippen LogP contribution in [0.1, 0.15) is 15.9 Å². The molecule has 0 radical (unpaired) electrons. The van der Waals surface area contributed by atoms with E-state index in [1.54, 1.807) is 36.4 Å². The van der Waals surface area contributed by atoms with Gasteiger partial charge in [0.2, 0.25) is 0 Å². The molecule has 0 saturated heterocycles. The molecule has 3 aromatic rings. The lowest BCUT2D eigenvalue weighted by Gasteiger charge is -2.11. The van der Waals surface area contributed by atoms with Crippen LogP contribution in [0, 0.1) is 11.3 Å². The van der Waals surface area contributed by atoms with Crippen molar-refractivity contribution >= 4 is 11.8 Å². The van der Waals surface area contributed by atoms with E-state index < -0.39 is 5.97 Å². The number of aromatic hydroxyl groups is 1. The van der Waals surface area contributed by atoms with Crippen LogP contribution in [0.2, 0.25) is 0 Å². The number of phenolic OH excluding ortho intramolecular Hbond substituents is 1. The van der Waals surface area contributed by atoms with Crippen LogP contribution >= 0.6 is 0 Å². The van der Waals surface area contributed by atoms with Gasteiger partial charge in [-0.15, -0.1) is 0 Å². The fourth-order valence-electron chi connectivity index (χ4n) is 2.53. The number of nitrogen functional groups attached to an aromatic ring is 1. The van der Waals surface area contributed by atoms with Crippen molar-refractivity contribution in [3.05, 3.63) is 65.7 Å². The van der Waals surface area contributed by atoms with Gasteiger partial charge in [0.05, 0.1) is 11.3 Å². The number of rotatable bonds is 3. The van der Waals surface area contributed by atoms with Crippen molar-refractivity contribution in [1.82, 2.24) is 4.98 Å². The molecular weight excluding hydrogens is 318 g/mol. The Bertz CT molecular complexity index is 1010. The van der Waals surface area contributed by atoms with E-state index >= 15 is 0 Å². The van der Waals surface area contributed by atoms with Gasteiger partial charge in [-0.3, -0.25) is 0 Å². The Morgan fingerprint density at radius 2 is 1.76 bits per heavy atom. The first-order valence-corrected chi connectivity index (χ1v) is 7.34. The number of aromatic nitrogens is 1. The Labute approximate surface area is 143 Å². The first kappa shape index (κ1) is 16.0. The highest BCUT2D eigenvalue weighted by Gasteiger charge is 2.15. The molecule has 2 aromatic carbocycles. The minimum Gasteiger partial charge on any atom is -0.507 e. The van der Waals surface area contributed by atoms with E-state index in [1.165, 1.54) is 18.2 Å². The quantitative estimate of drug-likeness (QED) is 0.677. The predicted molar refractivity (Wildman–Crippen MR) is 92.9 cm³/mol. The van der Waals surface area contributed by atoms with E-state index in [-0.39, 0.29) is 22.7 Å². The third-order valence-electron chi connectivity index (χ3n) is 3.78. The van der Waals surface area contributed by atoms with E-state index in [4.69, 9.17) is 10.8 Å². The first-order chi connectivity index (χ1) is 12.0. The van der Waals surface area contributed by atoms with E-state index in [9.17, 15) is 15.2 Å². The highest BCUT2D eigenvalue weighted by Crippen LogP contribution is 2.34. The number of phenols is 1. The van der Waals surface area contributed by atoms with Crippen LogP contribution in [0.4, 0.5) is 5.82 Å². The summed E-state index contributed by atoms with van der Waals surface area (Å²) in [5, 5.41) is 28.4. The molecule has 0 atom stereocenters. The standard InChI is InChI=1S/C19H13N3O3/c20-10-15-14(11-5-7-12(8-6-11)19(24)25)9-16(22-18(15)21)13-3-1-2-4-17(13)23/h1-9,23H,(H2,21,22)(H,24,25). The zero-order valence-corrected chi connectivity index (χ0v) is 13.0. The number of hydrogen-bond acceptors (Lipinski definition) is 5. The van der Waals surface area contributed by atoms with Gasteiger partial charge >= 0.3 is 5.97 Å². The average molecular weight is 331 g/mol. The molecule has 3 rings (SSSR count). The number of nitrogens with zero attached hydrogens (tertiary/aromatic N) is 2. The maximum atomic E-state index is 11.0. The van der Waals surface area contributed by atoms with E-state index in [0.29, 0.717) is 22.4 Å². The molecule has 122 valence electrons. The van der Waals surface area contributed by atoms with Crippen molar-refractivity contribution in [3.8, 4) is 34.2 Å². The van der Waals surface area contributed by atoms with Crippen LogP contribution in [0.5, 0.6) is 5.75 Å². The maximum absolute atomic E-state index is 11.0. The van der Waals surface area contributed by atoms with Gasteiger partial charge in [-0.1, -0.05) is 24.3 Å². The maximum Gasteiger partial charge on any atom is 0.335 e. The van der Waals surface area contributed by atoms with Gasteiger partial charge in [-0.2, -0.15) is 5.26 Å². The first-order valence-electron chi connectivity index (χ1n) is 7.34. The molecular formula is C19H13N3O3. The second-order valence-corrected chi connectivity index (χ2v) is 5.33. The van der Waals surface area contributed by atoms with Crippen molar-refractivity contribution in [3.63, 3.8) is 0 Å². The third kappa shape index (κ3) is 2.99. The smallest absolute Gasteiger partial charge is 0.335 e. The minimum atomic E-state index is -1.03. The number of carboxylic acid groups (broad SMARTS) is 1. The lowest BCUT2D eigenvalue weighted by molar-refractivity contribution is 0.0697. The SMILES string of the molecule is N#Cc1c(-c2ccc(C(=O)O)cc2)cc(-c2ccccc2O)nc1N. The number of para-hydroxylation sites is 1. The Morgan fingerprint density at radius 3 is 2.36 bits per heavy atom. The van der Waals surface area contributed by atoms with Crippen LogP contribution in [-0.2, 0) is 0 Å². The van der Waals surface area contributed by atoms with Gasteiger partial charge in [0.25, 0.3) is 0 Å². The minimum absolute atomic E-state index is 0.0422. The number of hydrogen-bond donors (Lipinski definition) is 3. The summed E-state index contributed by atoms with van der Waals surface area (Å²) in [6.07, 6.45) is 0. The normalized spacial score (nSPS) is 10.2. The Morgan fingerprint density at radius 1 is 1.08 bits per heavy atom. The van der Waals surface area contributed by atoms with Gasteiger partial charge < -0.3 is 15.9 Å². The number of carboxylic acids is 1. The highest BCUT2D eigenvalue weighted by molar-refractivity contribution is 5.89. The van der Waals surface area contributed by atoms with Gasteiger partial charge in [-0.25, -0.2) is 9.78 Å². The van der Waals surface area contributed by atoms with Gasteiger partial charge in [0.15, 0.2) is 0 Å². The Kier molecular flexibility index (Phi) is 4.06. The molecule has 0 bridgehead atoms. The van der Waals surface area contributed by atoms with Crippen molar-refractivity contribution in [2.24, 2.45) is 0 Å². The van der Waals surface area contributed by atoms with Gasteiger partial charge in [-0.05, 0) is 35.9 Å². The molecule has 0 aliphatic heterocycles. The molecule has 4 N–H and O–H groups in total. The number of carbonyl (C=O) groups is 1. The number of pyridine rings is 1. The summed E-state index contributed by atoms with van der Waals surface area (Å²) in [5.74, 6) is -0.942. The molecule has 0 spiro atoms. The lowest BCUT2D eigenvalue weighted by Crippen LogP contribution is -2.00. The van der Waals surface area contributed by atoms with E-state index in [2.05, 4.69) is 4.98 Å². The summed E-state index contributed by atoms with van der Waals surface area (Å²) in [6.45, 7) is 0. The van der Waals surface area contributed by atoms with Crippen LogP contribution < -0.4 is 5.73 Å². The van der Waals surface area contributed by atoms with Crippen LogP contribution in [0.25, 0.3) is 22.4 Å². The van der Waals surface area contributed by atoms with Crippen molar-refractivity contribution in [2.45, 2.75) is 0 Å². The average Bonchev–Trinajstić information content (AvgIpc) is 2.61. The summed E-state index contributed by atoms with van der Waals surface area (Å²) >= 11 is 0. The molecule has 6 heteroatoms.